The minimum atomic E-state index is 0.724. The number of rotatable bonds is 4. The van der Waals surface area contributed by atoms with Gasteiger partial charge in [-0.05, 0) is 47.9 Å². The SMILES string of the molecule is COc1ccc(C)c(-c2ccc(OC)c(OC)c2)c1. The largest absolute Gasteiger partial charge is 0.497 e. The zero-order chi connectivity index (χ0) is 13.8. The second-order valence-electron chi connectivity index (χ2n) is 4.25. The molecule has 2 aromatic carbocycles. The van der Waals surface area contributed by atoms with Crippen LogP contribution in [0.2, 0.25) is 0 Å². The van der Waals surface area contributed by atoms with Crippen LogP contribution in [0.4, 0.5) is 0 Å². The standard InChI is InChI=1S/C16H18O3/c1-11-5-7-13(17-2)10-14(11)12-6-8-15(18-3)16(9-12)19-4/h5-10H,1-4H3. The molecule has 19 heavy (non-hydrogen) atoms. The highest BCUT2D eigenvalue weighted by atomic mass is 16.5. The second-order valence-corrected chi connectivity index (χ2v) is 4.25. The van der Waals surface area contributed by atoms with E-state index in [1.807, 2.05) is 36.4 Å². The van der Waals surface area contributed by atoms with Gasteiger partial charge in [-0.2, -0.15) is 0 Å². The first kappa shape index (κ1) is 13.3. The third-order valence-electron chi connectivity index (χ3n) is 3.14. The number of ether oxygens (including phenoxy) is 3. The highest BCUT2D eigenvalue weighted by Gasteiger charge is 2.08. The maximum atomic E-state index is 5.34. The van der Waals surface area contributed by atoms with Crippen molar-refractivity contribution < 1.29 is 14.2 Å². The predicted molar refractivity (Wildman–Crippen MR) is 76.3 cm³/mol. The molecule has 0 amide bonds. The van der Waals surface area contributed by atoms with Gasteiger partial charge >= 0.3 is 0 Å². The Morgan fingerprint density at radius 2 is 1.47 bits per heavy atom. The summed E-state index contributed by atoms with van der Waals surface area (Å²) in [6.45, 7) is 2.07. The van der Waals surface area contributed by atoms with Crippen LogP contribution in [-0.2, 0) is 0 Å². The minimum absolute atomic E-state index is 0.724. The van der Waals surface area contributed by atoms with E-state index >= 15 is 0 Å². The first-order valence-electron chi connectivity index (χ1n) is 6.06. The lowest BCUT2D eigenvalue weighted by atomic mass is 10.00. The molecule has 100 valence electrons. The van der Waals surface area contributed by atoms with Crippen molar-refractivity contribution in [1.82, 2.24) is 0 Å². The van der Waals surface area contributed by atoms with Gasteiger partial charge in [0.25, 0.3) is 0 Å². The highest BCUT2D eigenvalue weighted by Crippen LogP contribution is 2.34. The van der Waals surface area contributed by atoms with Gasteiger partial charge in [-0.15, -0.1) is 0 Å². The molecule has 2 aromatic rings. The van der Waals surface area contributed by atoms with E-state index in [2.05, 4.69) is 6.92 Å². The van der Waals surface area contributed by atoms with E-state index in [4.69, 9.17) is 14.2 Å². The van der Waals surface area contributed by atoms with Gasteiger partial charge in [0.1, 0.15) is 5.75 Å². The maximum absolute atomic E-state index is 5.34. The Kier molecular flexibility index (Phi) is 3.95. The van der Waals surface area contributed by atoms with Crippen molar-refractivity contribution in [2.45, 2.75) is 6.92 Å². The Hall–Kier alpha value is -2.16. The summed E-state index contributed by atoms with van der Waals surface area (Å²) >= 11 is 0. The molecule has 2 rings (SSSR count). The Bertz CT molecular complexity index is 576. The van der Waals surface area contributed by atoms with E-state index in [1.54, 1.807) is 21.3 Å². The summed E-state index contributed by atoms with van der Waals surface area (Å²) in [5.41, 5.74) is 3.39. The van der Waals surface area contributed by atoms with E-state index in [0.29, 0.717) is 0 Å². The Morgan fingerprint density at radius 1 is 0.737 bits per heavy atom. The minimum Gasteiger partial charge on any atom is -0.497 e. The van der Waals surface area contributed by atoms with Gasteiger partial charge < -0.3 is 14.2 Å². The summed E-state index contributed by atoms with van der Waals surface area (Å²) in [5, 5.41) is 0. The molecule has 0 atom stereocenters. The molecule has 0 heterocycles. The van der Waals surface area contributed by atoms with Crippen molar-refractivity contribution in [3.8, 4) is 28.4 Å². The predicted octanol–water partition coefficient (Wildman–Crippen LogP) is 3.69. The molecule has 0 N–H and O–H groups in total. The first-order valence-corrected chi connectivity index (χ1v) is 6.06. The summed E-state index contributed by atoms with van der Waals surface area (Å²) in [7, 11) is 4.94. The van der Waals surface area contributed by atoms with Crippen LogP contribution in [0.25, 0.3) is 11.1 Å². The number of methoxy groups -OCH3 is 3. The molecular formula is C16H18O3. The second kappa shape index (κ2) is 5.65. The molecule has 0 radical (unpaired) electrons. The normalized spacial score (nSPS) is 10.1. The average molecular weight is 258 g/mol. The molecule has 3 nitrogen and oxygen atoms in total. The Morgan fingerprint density at radius 3 is 2.11 bits per heavy atom. The van der Waals surface area contributed by atoms with Crippen LogP contribution < -0.4 is 14.2 Å². The molecule has 0 aliphatic carbocycles. The molecule has 0 fully saturated rings. The molecule has 0 bridgehead atoms. The van der Waals surface area contributed by atoms with Gasteiger partial charge in [-0.3, -0.25) is 0 Å². The van der Waals surface area contributed by atoms with Crippen LogP contribution in [0.3, 0.4) is 0 Å². The van der Waals surface area contributed by atoms with Crippen molar-refractivity contribution in [3.63, 3.8) is 0 Å². The van der Waals surface area contributed by atoms with E-state index in [0.717, 1.165) is 28.4 Å². The van der Waals surface area contributed by atoms with E-state index < -0.39 is 0 Å². The zero-order valence-electron chi connectivity index (χ0n) is 11.7. The van der Waals surface area contributed by atoms with Crippen LogP contribution >= 0.6 is 0 Å². The van der Waals surface area contributed by atoms with Crippen LogP contribution in [0, 0.1) is 6.92 Å². The van der Waals surface area contributed by atoms with Gasteiger partial charge in [0.2, 0.25) is 0 Å². The molecule has 0 aliphatic rings. The average Bonchev–Trinajstić information content (AvgIpc) is 2.47. The fraction of sp³-hybridized carbons (Fsp3) is 0.250. The summed E-state index contributed by atoms with van der Waals surface area (Å²) in [5.74, 6) is 2.30. The highest BCUT2D eigenvalue weighted by molar-refractivity contribution is 5.71. The molecule has 0 saturated carbocycles. The summed E-state index contributed by atoms with van der Waals surface area (Å²) in [6.07, 6.45) is 0. The van der Waals surface area contributed by atoms with Crippen LogP contribution in [0.15, 0.2) is 36.4 Å². The Balaban J connectivity index is 2.52. The maximum Gasteiger partial charge on any atom is 0.161 e. The number of hydrogen-bond acceptors (Lipinski definition) is 3. The van der Waals surface area contributed by atoms with E-state index in [1.165, 1.54) is 5.56 Å². The fourth-order valence-electron chi connectivity index (χ4n) is 2.04. The lowest BCUT2D eigenvalue weighted by Crippen LogP contribution is -1.92. The van der Waals surface area contributed by atoms with Gasteiger partial charge in [-0.1, -0.05) is 12.1 Å². The van der Waals surface area contributed by atoms with Crippen molar-refractivity contribution in [3.05, 3.63) is 42.0 Å². The van der Waals surface area contributed by atoms with Gasteiger partial charge in [0, 0.05) is 0 Å². The van der Waals surface area contributed by atoms with E-state index in [-0.39, 0.29) is 0 Å². The topological polar surface area (TPSA) is 27.7 Å². The molecule has 0 unspecified atom stereocenters. The molecule has 0 aliphatic heterocycles. The molecule has 0 saturated heterocycles. The first-order chi connectivity index (χ1) is 9.19. The smallest absolute Gasteiger partial charge is 0.161 e. The Labute approximate surface area is 113 Å². The molecule has 3 heteroatoms. The van der Waals surface area contributed by atoms with Crippen molar-refractivity contribution in [1.29, 1.82) is 0 Å². The summed E-state index contributed by atoms with van der Waals surface area (Å²) in [6, 6.07) is 11.9. The quantitative estimate of drug-likeness (QED) is 0.837. The lowest BCUT2D eigenvalue weighted by Gasteiger charge is -2.12. The van der Waals surface area contributed by atoms with Crippen LogP contribution in [0.5, 0.6) is 17.2 Å². The summed E-state index contributed by atoms with van der Waals surface area (Å²) in [4.78, 5) is 0. The van der Waals surface area contributed by atoms with Gasteiger partial charge in [0.05, 0.1) is 21.3 Å². The van der Waals surface area contributed by atoms with Gasteiger partial charge in [-0.25, -0.2) is 0 Å². The molecule has 0 spiro atoms. The zero-order valence-corrected chi connectivity index (χ0v) is 11.7. The van der Waals surface area contributed by atoms with Crippen molar-refractivity contribution in [2.75, 3.05) is 21.3 Å². The summed E-state index contributed by atoms with van der Waals surface area (Å²) < 4.78 is 15.9. The third kappa shape index (κ3) is 2.65. The number of benzene rings is 2. The van der Waals surface area contributed by atoms with Crippen LogP contribution in [-0.4, -0.2) is 21.3 Å². The van der Waals surface area contributed by atoms with E-state index in [9.17, 15) is 0 Å². The van der Waals surface area contributed by atoms with Gasteiger partial charge in [0.15, 0.2) is 11.5 Å². The number of hydrogen-bond donors (Lipinski definition) is 0. The fourth-order valence-corrected chi connectivity index (χ4v) is 2.04. The monoisotopic (exact) mass is 258 g/mol. The van der Waals surface area contributed by atoms with Crippen LogP contribution in [0.1, 0.15) is 5.56 Å². The molecular weight excluding hydrogens is 240 g/mol. The third-order valence-corrected chi connectivity index (χ3v) is 3.14. The van der Waals surface area contributed by atoms with Crippen molar-refractivity contribution in [2.24, 2.45) is 0 Å². The van der Waals surface area contributed by atoms with Crippen molar-refractivity contribution >= 4 is 0 Å². The number of aryl methyl sites for hydroxylation is 1. The molecule has 0 aromatic heterocycles. The lowest BCUT2D eigenvalue weighted by molar-refractivity contribution is 0.355.